The van der Waals surface area contributed by atoms with E-state index in [1.54, 1.807) is 0 Å². The van der Waals surface area contributed by atoms with Crippen molar-refractivity contribution in [2.45, 2.75) is 25.4 Å². The Labute approximate surface area is 184 Å². The Kier molecular flexibility index (Phi) is 5.41. The van der Waals surface area contributed by atoms with Gasteiger partial charge in [-0.1, -0.05) is 23.7 Å². The summed E-state index contributed by atoms with van der Waals surface area (Å²) >= 11 is 6.53. The Balaban J connectivity index is 1.31. The van der Waals surface area contributed by atoms with Crippen LogP contribution in [-0.4, -0.2) is 53.3 Å². The number of nitrogens with one attached hydrogen (secondary N) is 1. The number of nitrogens with two attached hydrogens (primary N) is 1. The van der Waals surface area contributed by atoms with Gasteiger partial charge in [0.2, 0.25) is 5.91 Å². The molecule has 1 saturated heterocycles. The maximum atomic E-state index is 11.0. The fourth-order valence-corrected chi connectivity index (χ4v) is 4.45. The van der Waals surface area contributed by atoms with Gasteiger partial charge in [0.25, 0.3) is 6.01 Å². The average Bonchev–Trinajstić information content (AvgIpc) is 3.13. The minimum atomic E-state index is -0.267. The summed E-state index contributed by atoms with van der Waals surface area (Å²) in [6.45, 7) is 3.29. The van der Waals surface area contributed by atoms with Gasteiger partial charge in [0.1, 0.15) is 6.10 Å². The van der Waals surface area contributed by atoms with Crippen LogP contribution in [-0.2, 0) is 9.53 Å². The highest BCUT2D eigenvalue weighted by molar-refractivity contribution is 6.33. The number of carbonyl (C=O) groups excluding carboxylic acids is 1. The fourth-order valence-electron chi connectivity index (χ4n) is 4.19. The van der Waals surface area contributed by atoms with E-state index in [0.29, 0.717) is 34.7 Å². The first kappa shape index (κ1) is 20.1. The number of pyridine rings is 1. The molecule has 3 heterocycles. The van der Waals surface area contributed by atoms with Crippen molar-refractivity contribution >= 4 is 34.4 Å². The summed E-state index contributed by atoms with van der Waals surface area (Å²) in [5.74, 6) is 0.0306. The Bertz CT molecular complexity index is 1090. The number of anilines is 1. The normalized spacial score (nSPS) is 21.1. The Morgan fingerprint density at radius 1 is 1.23 bits per heavy atom. The van der Waals surface area contributed by atoms with Gasteiger partial charge in [-0.15, -0.1) is 0 Å². The van der Waals surface area contributed by atoms with E-state index in [9.17, 15) is 4.79 Å². The molecule has 2 aliphatic rings. The smallest absolute Gasteiger partial charge is 0.296 e. The number of primary amides is 1. The molecule has 31 heavy (non-hydrogen) atoms. The van der Waals surface area contributed by atoms with Crippen molar-refractivity contribution in [3.8, 4) is 17.3 Å². The lowest BCUT2D eigenvalue weighted by molar-refractivity contribution is -0.120. The zero-order chi connectivity index (χ0) is 21.4. The highest BCUT2D eigenvalue weighted by atomic mass is 35.5. The summed E-state index contributed by atoms with van der Waals surface area (Å²) in [4.78, 5) is 25.6. The number of morpholine rings is 1. The lowest BCUT2D eigenvalue weighted by Crippen LogP contribution is -2.36. The van der Waals surface area contributed by atoms with Gasteiger partial charge >= 0.3 is 0 Å². The van der Waals surface area contributed by atoms with Gasteiger partial charge in [-0.2, -0.15) is 4.98 Å². The van der Waals surface area contributed by atoms with Crippen molar-refractivity contribution in [1.29, 1.82) is 0 Å². The number of imidazole rings is 1. The molecular formula is C22H24ClN5O3. The third-order valence-electron chi connectivity index (χ3n) is 5.88. The Hall–Kier alpha value is -2.84. The quantitative estimate of drug-likeness (QED) is 0.608. The van der Waals surface area contributed by atoms with Crippen LogP contribution in [0.15, 0.2) is 30.3 Å². The van der Waals surface area contributed by atoms with E-state index in [-0.39, 0.29) is 12.0 Å². The molecule has 0 spiro atoms. The second-order valence-corrected chi connectivity index (χ2v) is 8.53. The van der Waals surface area contributed by atoms with Crippen molar-refractivity contribution in [3.63, 3.8) is 0 Å². The second-order valence-electron chi connectivity index (χ2n) is 8.13. The number of nitrogens with zero attached hydrogens (tertiary/aromatic N) is 3. The number of halogens is 1. The lowest BCUT2D eigenvalue weighted by atomic mass is 9.80. The van der Waals surface area contributed by atoms with Crippen molar-refractivity contribution in [3.05, 3.63) is 35.4 Å². The number of hydrogen-bond acceptors (Lipinski definition) is 6. The number of hydrogen-bond donors (Lipinski definition) is 2. The molecule has 2 fully saturated rings. The number of rotatable bonds is 6. The zero-order valence-corrected chi connectivity index (χ0v) is 17.8. The maximum absolute atomic E-state index is 11.0. The molecule has 5 rings (SSSR count). The van der Waals surface area contributed by atoms with E-state index >= 15 is 0 Å². The molecule has 0 radical (unpaired) electrons. The molecule has 1 aliphatic carbocycles. The monoisotopic (exact) mass is 441 g/mol. The molecule has 1 saturated carbocycles. The number of ether oxygens (including phenoxy) is 2. The molecular weight excluding hydrogens is 418 g/mol. The topological polar surface area (TPSA) is 106 Å². The first-order chi connectivity index (χ1) is 15.0. The standard InChI is InChI=1S/C22H24ClN5O3/c23-17-12-18-21(27-22(25-18)31-16-9-13(10-16)11-19(24)29)26-20(17)14-1-3-15(4-2-14)28-5-7-30-8-6-28/h1-4,12-13,16H,5-11H2,(H2,24,29)(H,25,26,27)/t13-,16-. The molecule has 1 aromatic carbocycles. The number of amides is 1. The number of benzene rings is 1. The molecule has 9 heteroatoms. The molecule has 2 aromatic heterocycles. The van der Waals surface area contributed by atoms with E-state index in [1.807, 2.05) is 18.2 Å². The number of carbonyl (C=O) groups is 1. The first-order valence-corrected chi connectivity index (χ1v) is 10.9. The number of aromatic amines is 1. The number of fused-ring (bicyclic) bond motifs is 1. The van der Waals surface area contributed by atoms with Gasteiger partial charge in [0.05, 0.1) is 29.4 Å². The van der Waals surface area contributed by atoms with E-state index in [1.165, 1.54) is 0 Å². The van der Waals surface area contributed by atoms with Crippen LogP contribution >= 0.6 is 11.6 Å². The Morgan fingerprint density at radius 2 is 1.97 bits per heavy atom. The van der Waals surface area contributed by atoms with Crippen molar-refractivity contribution < 1.29 is 14.3 Å². The van der Waals surface area contributed by atoms with Crippen LogP contribution in [0.2, 0.25) is 5.02 Å². The van der Waals surface area contributed by atoms with E-state index < -0.39 is 0 Å². The van der Waals surface area contributed by atoms with Crippen LogP contribution in [0.3, 0.4) is 0 Å². The van der Waals surface area contributed by atoms with Crippen LogP contribution < -0.4 is 15.4 Å². The molecule has 3 N–H and O–H groups in total. The third kappa shape index (κ3) is 4.31. The van der Waals surface area contributed by atoms with Gasteiger partial charge in [0.15, 0.2) is 5.65 Å². The summed E-state index contributed by atoms with van der Waals surface area (Å²) in [5.41, 5.74) is 9.31. The lowest BCUT2D eigenvalue weighted by Gasteiger charge is -2.33. The van der Waals surface area contributed by atoms with Crippen molar-refractivity contribution in [2.75, 3.05) is 31.2 Å². The van der Waals surface area contributed by atoms with E-state index in [4.69, 9.17) is 26.8 Å². The highest BCUT2D eigenvalue weighted by Crippen LogP contribution is 2.34. The van der Waals surface area contributed by atoms with Gasteiger partial charge < -0.3 is 25.1 Å². The fraction of sp³-hybridized carbons (Fsp3) is 0.409. The zero-order valence-electron chi connectivity index (χ0n) is 17.0. The number of H-pyrrole nitrogens is 1. The van der Waals surface area contributed by atoms with Crippen LogP contribution in [0.5, 0.6) is 6.01 Å². The Morgan fingerprint density at radius 3 is 2.68 bits per heavy atom. The second kappa shape index (κ2) is 8.36. The predicted molar refractivity (Wildman–Crippen MR) is 118 cm³/mol. The molecule has 8 nitrogen and oxygen atoms in total. The third-order valence-corrected chi connectivity index (χ3v) is 6.17. The summed E-state index contributed by atoms with van der Waals surface area (Å²) in [6, 6.07) is 10.5. The molecule has 0 bridgehead atoms. The van der Waals surface area contributed by atoms with Gasteiger partial charge in [-0.25, -0.2) is 4.98 Å². The van der Waals surface area contributed by atoms with Crippen LogP contribution in [0.4, 0.5) is 5.69 Å². The van der Waals surface area contributed by atoms with E-state index in [0.717, 1.165) is 55.9 Å². The maximum Gasteiger partial charge on any atom is 0.296 e. The van der Waals surface area contributed by atoms with Gasteiger partial charge in [-0.05, 0) is 37.0 Å². The average molecular weight is 442 g/mol. The van der Waals surface area contributed by atoms with E-state index in [2.05, 4.69) is 32.0 Å². The largest absolute Gasteiger partial charge is 0.461 e. The van der Waals surface area contributed by atoms with Crippen molar-refractivity contribution in [2.24, 2.45) is 11.7 Å². The predicted octanol–water partition coefficient (Wildman–Crippen LogP) is 3.15. The molecule has 0 atom stereocenters. The van der Waals surface area contributed by atoms with Gasteiger partial charge in [0, 0.05) is 30.8 Å². The van der Waals surface area contributed by atoms with Gasteiger partial charge in [-0.3, -0.25) is 4.79 Å². The SMILES string of the molecule is NC(=O)C[C@H]1C[C@H](Oc2nc3nc(-c4ccc(N5CCOCC5)cc4)c(Cl)cc3[nH]2)C1. The molecule has 1 amide bonds. The summed E-state index contributed by atoms with van der Waals surface area (Å²) in [7, 11) is 0. The summed E-state index contributed by atoms with van der Waals surface area (Å²) < 4.78 is 11.3. The molecule has 3 aromatic rings. The van der Waals surface area contributed by atoms with Crippen LogP contribution in [0.25, 0.3) is 22.4 Å². The summed E-state index contributed by atoms with van der Waals surface area (Å²) in [5, 5.41) is 0.548. The minimum Gasteiger partial charge on any atom is -0.461 e. The molecule has 162 valence electrons. The molecule has 1 aliphatic heterocycles. The summed E-state index contributed by atoms with van der Waals surface area (Å²) in [6.07, 6.45) is 2.04. The first-order valence-electron chi connectivity index (χ1n) is 10.5. The van der Waals surface area contributed by atoms with Crippen LogP contribution in [0.1, 0.15) is 19.3 Å². The minimum absolute atomic E-state index is 0.0348. The van der Waals surface area contributed by atoms with Crippen LogP contribution in [0, 0.1) is 5.92 Å². The van der Waals surface area contributed by atoms with Crippen molar-refractivity contribution in [1.82, 2.24) is 15.0 Å². The molecule has 0 unspecified atom stereocenters. The highest BCUT2D eigenvalue weighted by Gasteiger charge is 2.32. The number of aromatic nitrogens is 3.